The van der Waals surface area contributed by atoms with Crippen LogP contribution in [0.25, 0.3) is 0 Å². The molecule has 0 aliphatic heterocycles. The fourth-order valence-electron chi connectivity index (χ4n) is 2.50. The summed E-state index contributed by atoms with van der Waals surface area (Å²) in [6, 6.07) is 0.593. The summed E-state index contributed by atoms with van der Waals surface area (Å²) in [5.74, 6) is 0.539. The molecule has 4 heteroatoms. The Balaban J connectivity index is 4.24. The maximum Gasteiger partial charge on any atom is 0.326 e. The van der Waals surface area contributed by atoms with Crippen LogP contribution in [0.4, 0.5) is 0 Å². The Labute approximate surface area is 131 Å². The number of carbonyl (C=O) groups excluding carboxylic acids is 1. The highest BCUT2D eigenvalue weighted by Crippen LogP contribution is 2.17. The Kier molecular flexibility index (Phi) is 9.88. The van der Waals surface area contributed by atoms with E-state index >= 15 is 0 Å². The van der Waals surface area contributed by atoms with Gasteiger partial charge in [-0.15, -0.1) is 0 Å². The lowest BCUT2D eigenvalue weighted by Crippen LogP contribution is -2.50. The van der Waals surface area contributed by atoms with E-state index in [1.807, 2.05) is 20.8 Å². The summed E-state index contributed by atoms with van der Waals surface area (Å²) in [7, 11) is 2.18. The monoisotopic (exact) mass is 300 g/mol. The number of unbranched alkanes of at least 4 members (excludes halogenated alkanes) is 1. The van der Waals surface area contributed by atoms with Crippen molar-refractivity contribution in [3.8, 4) is 0 Å². The van der Waals surface area contributed by atoms with E-state index in [4.69, 9.17) is 4.74 Å². The summed E-state index contributed by atoms with van der Waals surface area (Å²) in [4.78, 5) is 14.5. The van der Waals surface area contributed by atoms with Gasteiger partial charge < -0.3 is 15.0 Å². The summed E-state index contributed by atoms with van der Waals surface area (Å²) < 4.78 is 5.20. The van der Waals surface area contributed by atoms with Gasteiger partial charge >= 0.3 is 5.97 Å². The number of carbonyl (C=O) groups is 1. The summed E-state index contributed by atoms with van der Waals surface area (Å²) >= 11 is 0. The van der Waals surface area contributed by atoms with E-state index in [-0.39, 0.29) is 5.97 Å². The second-order valence-corrected chi connectivity index (χ2v) is 6.51. The van der Waals surface area contributed by atoms with E-state index in [1.54, 1.807) is 0 Å². The highest BCUT2D eigenvalue weighted by molar-refractivity contribution is 5.80. The SMILES string of the molecule is CCNC(C)(CCCCN(C)C(C)C(C)C)C(=O)OCC. The second kappa shape index (κ2) is 10.2. The average molecular weight is 300 g/mol. The third kappa shape index (κ3) is 7.28. The van der Waals surface area contributed by atoms with Crippen molar-refractivity contribution < 1.29 is 9.53 Å². The van der Waals surface area contributed by atoms with Gasteiger partial charge in [-0.3, -0.25) is 4.79 Å². The number of hydrogen-bond donors (Lipinski definition) is 1. The summed E-state index contributed by atoms with van der Waals surface area (Å²) in [6.45, 7) is 14.9. The molecule has 0 heterocycles. The van der Waals surface area contributed by atoms with Crippen LogP contribution in [0.5, 0.6) is 0 Å². The van der Waals surface area contributed by atoms with Crippen molar-refractivity contribution in [1.29, 1.82) is 0 Å². The van der Waals surface area contributed by atoms with E-state index in [2.05, 4.69) is 38.0 Å². The van der Waals surface area contributed by atoms with Crippen molar-refractivity contribution in [2.24, 2.45) is 5.92 Å². The van der Waals surface area contributed by atoms with Crippen molar-refractivity contribution in [3.63, 3.8) is 0 Å². The van der Waals surface area contributed by atoms with Crippen molar-refractivity contribution >= 4 is 5.97 Å². The van der Waals surface area contributed by atoms with Gasteiger partial charge in [0, 0.05) is 6.04 Å². The van der Waals surface area contributed by atoms with Gasteiger partial charge in [-0.05, 0) is 66.1 Å². The van der Waals surface area contributed by atoms with Gasteiger partial charge in [0.25, 0.3) is 0 Å². The largest absolute Gasteiger partial charge is 0.465 e. The van der Waals surface area contributed by atoms with Crippen LogP contribution in [-0.4, -0.2) is 49.2 Å². The number of ether oxygens (including phenoxy) is 1. The van der Waals surface area contributed by atoms with E-state index in [9.17, 15) is 4.79 Å². The Morgan fingerprint density at radius 3 is 2.33 bits per heavy atom. The first-order valence-electron chi connectivity index (χ1n) is 8.41. The lowest BCUT2D eigenvalue weighted by atomic mass is 9.94. The highest BCUT2D eigenvalue weighted by atomic mass is 16.5. The minimum atomic E-state index is -0.549. The Bertz CT molecular complexity index is 295. The molecule has 126 valence electrons. The number of nitrogens with one attached hydrogen (secondary N) is 1. The van der Waals surface area contributed by atoms with Crippen molar-refractivity contribution in [3.05, 3.63) is 0 Å². The number of hydrogen-bond acceptors (Lipinski definition) is 4. The lowest BCUT2D eigenvalue weighted by molar-refractivity contribution is -0.150. The van der Waals surface area contributed by atoms with Crippen molar-refractivity contribution in [1.82, 2.24) is 10.2 Å². The molecule has 0 amide bonds. The highest BCUT2D eigenvalue weighted by Gasteiger charge is 2.33. The molecular formula is C17H36N2O2. The first-order valence-corrected chi connectivity index (χ1v) is 8.41. The minimum absolute atomic E-state index is 0.129. The average Bonchev–Trinajstić information content (AvgIpc) is 2.42. The standard InChI is InChI=1S/C17H36N2O2/c1-8-18-17(6,16(20)21-9-2)12-10-11-13-19(7)15(5)14(3)4/h14-15,18H,8-13H2,1-7H3. The van der Waals surface area contributed by atoms with Crippen molar-refractivity contribution in [2.75, 3.05) is 26.7 Å². The molecule has 0 aliphatic rings. The number of nitrogens with zero attached hydrogens (tertiary/aromatic N) is 1. The van der Waals surface area contributed by atoms with Crippen LogP contribution in [0.2, 0.25) is 0 Å². The second-order valence-electron chi connectivity index (χ2n) is 6.51. The first-order chi connectivity index (χ1) is 9.78. The topological polar surface area (TPSA) is 41.6 Å². The molecule has 0 radical (unpaired) electrons. The van der Waals surface area contributed by atoms with Crippen LogP contribution in [0.15, 0.2) is 0 Å². The van der Waals surface area contributed by atoms with Gasteiger partial charge in [0.1, 0.15) is 5.54 Å². The van der Waals surface area contributed by atoms with Crippen molar-refractivity contribution in [2.45, 2.75) is 72.4 Å². The maximum atomic E-state index is 12.1. The Morgan fingerprint density at radius 1 is 1.24 bits per heavy atom. The first kappa shape index (κ1) is 20.4. The molecule has 0 saturated carbocycles. The van der Waals surface area contributed by atoms with Crippen LogP contribution in [0.3, 0.4) is 0 Å². The minimum Gasteiger partial charge on any atom is -0.465 e. The molecule has 0 spiro atoms. The summed E-state index contributed by atoms with van der Waals surface area (Å²) in [5.41, 5.74) is -0.549. The van der Waals surface area contributed by atoms with Gasteiger partial charge in [0.2, 0.25) is 0 Å². The molecule has 0 bridgehead atoms. The fraction of sp³-hybridized carbons (Fsp3) is 0.941. The van der Waals surface area contributed by atoms with E-state index < -0.39 is 5.54 Å². The van der Waals surface area contributed by atoms with E-state index in [1.165, 1.54) is 0 Å². The zero-order valence-electron chi connectivity index (χ0n) is 15.2. The third-order valence-corrected chi connectivity index (χ3v) is 4.39. The quantitative estimate of drug-likeness (QED) is 0.470. The van der Waals surface area contributed by atoms with Crippen LogP contribution in [0.1, 0.15) is 60.8 Å². The maximum absolute atomic E-state index is 12.1. The van der Waals surface area contributed by atoms with E-state index in [0.717, 1.165) is 32.4 Å². The third-order valence-electron chi connectivity index (χ3n) is 4.39. The molecular weight excluding hydrogens is 264 g/mol. The summed E-state index contributed by atoms with van der Waals surface area (Å²) in [6.07, 6.45) is 2.95. The van der Waals surface area contributed by atoms with Crippen LogP contribution in [0, 0.1) is 5.92 Å². The molecule has 0 aromatic rings. The number of esters is 1. The zero-order chi connectivity index (χ0) is 16.5. The molecule has 0 fully saturated rings. The molecule has 0 aromatic carbocycles. The van der Waals surface area contributed by atoms with Crippen LogP contribution < -0.4 is 5.32 Å². The molecule has 2 unspecified atom stereocenters. The van der Waals surface area contributed by atoms with Gasteiger partial charge in [-0.1, -0.05) is 20.8 Å². The zero-order valence-corrected chi connectivity index (χ0v) is 15.2. The normalized spacial score (nSPS) is 16.0. The molecule has 4 nitrogen and oxygen atoms in total. The smallest absolute Gasteiger partial charge is 0.326 e. The van der Waals surface area contributed by atoms with Gasteiger partial charge in [-0.2, -0.15) is 0 Å². The molecule has 0 aromatic heterocycles. The summed E-state index contributed by atoms with van der Waals surface area (Å²) in [5, 5.41) is 3.28. The molecule has 2 atom stereocenters. The molecule has 0 rings (SSSR count). The van der Waals surface area contributed by atoms with E-state index in [0.29, 0.717) is 18.6 Å². The fourth-order valence-corrected chi connectivity index (χ4v) is 2.50. The van der Waals surface area contributed by atoms with Crippen LogP contribution in [-0.2, 0) is 9.53 Å². The predicted octanol–water partition coefficient (Wildman–Crippen LogP) is 3.06. The molecule has 1 N–H and O–H groups in total. The number of likely N-dealkylation sites (N-methyl/N-ethyl adjacent to an activating group) is 1. The molecule has 0 saturated heterocycles. The predicted molar refractivity (Wildman–Crippen MR) is 89.5 cm³/mol. The van der Waals surface area contributed by atoms with Gasteiger partial charge in [0.05, 0.1) is 6.61 Å². The van der Waals surface area contributed by atoms with Gasteiger partial charge in [-0.25, -0.2) is 0 Å². The van der Waals surface area contributed by atoms with Crippen LogP contribution >= 0.6 is 0 Å². The number of rotatable bonds is 11. The molecule has 0 aliphatic carbocycles. The molecule has 21 heavy (non-hydrogen) atoms. The lowest BCUT2D eigenvalue weighted by Gasteiger charge is -2.30. The Morgan fingerprint density at radius 2 is 1.86 bits per heavy atom. The van der Waals surface area contributed by atoms with Gasteiger partial charge in [0.15, 0.2) is 0 Å². The Hall–Kier alpha value is -0.610.